The lowest BCUT2D eigenvalue weighted by atomic mass is 9.99. The molecule has 7 heteroatoms. The lowest BCUT2D eigenvalue weighted by Gasteiger charge is -2.31. The van der Waals surface area contributed by atoms with Crippen molar-refractivity contribution in [3.8, 4) is 0 Å². The van der Waals surface area contributed by atoms with Gasteiger partial charge in [0.2, 0.25) is 0 Å². The van der Waals surface area contributed by atoms with Crippen LogP contribution in [0, 0.1) is 0 Å². The Hall–Kier alpha value is -2.83. The van der Waals surface area contributed by atoms with Crippen LogP contribution in [-0.4, -0.2) is 50.3 Å². The number of ether oxygens (including phenoxy) is 1. The number of hydrogen-bond donors (Lipinski definition) is 0. The highest BCUT2D eigenvalue weighted by Gasteiger charge is 2.33. The van der Waals surface area contributed by atoms with E-state index >= 15 is 0 Å². The van der Waals surface area contributed by atoms with Crippen LogP contribution in [0.2, 0.25) is 0 Å². The van der Waals surface area contributed by atoms with Gasteiger partial charge in [0.05, 0.1) is 6.54 Å². The zero-order valence-corrected chi connectivity index (χ0v) is 17.6. The Morgan fingerprint density at radius 1 is 1.00 bits per heavy atom. The molecule has 2 aliphatic heterocycles. The number of rotatable bonds is 1. The van der Waals surface area contributed by atoms with Gasteiger partial charge in [-0.15, -0.1) is 0 Å². The van der Waals surface area contributed by atoms with Gasteiger partial charge in [0, 0.05) is 44.4 Å². The van der Waals surface area contributed by atoms with Gasteiger partial charge in [0.25, 0.3) is 5.91 Å². The molecular formula is C22H28N4O3. The predicted octanol–water partition coefficient (Wildman–Crippen LogP) is 2.91. The second-order valence-electron chi connectivity index (χ2n) is 8.79. The summed E-state index contributed by atoms with van der Waals surface area (Å²) in [6.07, 6.45) is 1.16. The van der Waals surface area contributed by atoms with Crippen molar-refractivity contribution >= 4 is 12.0 Å². The second kappa shape index (κ2) is 7.21. The molecule has 0 fully saturated rings. The third-order valence-corrected chi connectivity index (χ3v) is 5.51. The molecule has 1 aromatic carbocycles. The van der Waals surface area contributed by atoms with Gasteiger partial charge in [-0.25, -0.2) is 4.79 Å². The average Bonchev–Trinajstić information content (AvgIpc) is 3.02. The Bertz CT molecular complexity index is 957. The van der Waals surface area contributed by atoms with Gasteiger partial charge in [-0.1, -0.05) is 24.3 Å². The summed E-state index contributed by atoms with van der Waals surface area (Å²) in [7, 11) is 1.87. The van der Waals surface area contributed by atoms with E-state index in [9.17, 15) is 9.59 Å². The molecule has 7 nitrogen and oxygen atoms in total. The van der Waals surface area contributed by atoms with E-state index in [0.29, 0.717) is 38.3 Å². The van der Waals surface area contributed by atoms with Crippen molar-refractivity contribution in [3.05, 3.63) is 52.3 Å². The molecule has 0 N–H and O–H groups in total. The van der Waals surface area contributed by atoms with Crippen LogP contribution in [0.1, 0.15) is 53.6 Å². The van der Waals surface area contributed by atoms with Crippen LogP contribution in [0.15, 0.2) is 24.3 Å². The van der Waals surface area contributed by atoms with Gasteiger partial charge in [-0.3, -0.25) is 9.48 Å². The smallest absolute Gasteiger partial charge is 0.410 e. The molecule has 2 aliphatic rings. The van der Waals surface area contributed by atoms with E-state index in [4.69, 9.17) is 4.74 Å². The topological polar surface area (TPSA) is 67.7 Å². The van der Waals surface area contributed by atoms with Crippen LogP contribution in [0.5, 0.6) is 0 Å². The Balaban J connectivity index is 1.56. The molecule has 2 aromatic rings. The number of aromatic nitrogens is 2. The Morgan fingerprint density at radius 2 is 1.69 bits per heavy atom. The maximum atomic E-state index is 13.3. The van der Waals surface area contributed by atoms with Gasteiger partial charge >= 0.3 is 6.09 Å². The lowest BCUT2D eigenvalue weighted by molar-refractivity contribution is 0.0221. The van der Waals surface area contributed by atoms with Crippen LogP contribution in [0.3, 0.4) is 0 Å². The first-order valence-corrected chi connectivity index (χ1v) is 10.1. The number of nitrogens with zero attached hydrogens (tertiary/aromatic N) is 4. The number of carbonyl (C=O) groups excluding carboxylic acids is 2. The van der Waals surface area contributed by atoms with E-state index in [1.807, 2.05) is 44.9 Å². The van der Waals surface area contributed by atoms with Crippen molar-refractivity contribution in [3.63, 3.8) is 0 Å². The zero-order chi connectivity index (χ0) is 20.8. The molecule has 0 saturated carbocycles. The van der Waals surface area contributed by atoms with E-state index in [0.717, 1.165) is 17.7 Å². The zero-order valence-electron chi connectivity index (χ0n) is 17.6. The minimum absolute atomic E-state index is 0.0672. The molecule has 4 rings (SSSR count). The molecule has 29 heavy (non-hydrogen) atoms. The molecule has 0 saturated heterocycles. The largest absolute Gasteiger partial charge is 0.444 e. The van der Waals surface area contributed by atoms with Crippen LogP contribution >= 0.6 is 0 Å². The minimum Gasteiger partial charge on any atom is -0.444 e. The van der Waals surface area contributed by atoms with Crippen molar-refractivity contribution in [2.45, 2.75) is 52.3 Å². The first-order valence-electron chi connectivity index (χ1n) is 10.1. The molecule has 0 bridgehead atoms. The Kier molecular flexibility index (Phi) is 4.84. The van der Waals surface area contributed by atoms with Crippen molar-refractivity contribution in [2.75, 3.05) is 13.1 Å². The molecule has 0 radical (unpaired) electrons. The molecule has 0 aliphatic carbocycles. The van der Waals surface area contributed by atoms with E-state index in [-0.39, 0.29) is 12.0 Å². The number of benzene rings is 1. The molecule has 0 atom stereocenters. The molecular weight excluding hydrogens is 368 g/mol. The van der Waals surface area contributed by atoms with Gasteiger partial charge in [-0.05, 0) is 38.3 Å². The van der Waals surface area contributed by atoms with Gasteiger partial charge in [0.15, 0.2) is 5.69 Å². The third kappa shape index (κ3) is 3.86. The first kappa shape index (κ1) is 19.5. The fraction of sp³-hybridized carbons (Fsp3) is 0.500. The van der Waals surface area contributed by atoms with E-state index in [1.54, 1.807) is 9.58 Å². The van der Waals surface area contributed by atoms with Crippen LogP contribution in [0.25, 0.3) is 0 Å². The van der Waals surface area contributed by atoms with E-state index in [1.165, 1.54) is 11.1 Å². The summed E-state index contributed by atoms with van der Waals surface area (Å²) < 4.78 is 7.30. The highest BCUT2D eigenvalue weighted by Crippen LogP contribution is 2.26. The highest BCUT2D eigenvalue weighted by molar-refractivity contribution is 5.94. The summed E-state index contributed by atoms with van der Waals surface area (Å²) >= 11 is 0. The van der Waals surface area contributed by atoms with Gasteiger partial charge in [0.1, 0.15) is 5.60 Å². The summed E-state index contributed by atoms with van der Waals surface area (Å²) in [4.78, 5) is 29.4. The third-order valence-electron chi connectivity index (χ3n) is 5.51. The van der Waals surface area contributed by atoms with Crippen molar-refractivity contribution < 1.29 is 14.3 Å². The monoisotopic (exact) mass is 396 g/mol. The van der Waals surface area contributed by atoms with Crippen LogP contribution < -0.4 is 0 Å². The fourth-order valence-corrected chi connectivity index (χ4v) is 4.07. The van der Waals surface area contributed by atoms with Gasteiger partial charge in [-0.2, -0.15) is 5.10 Å². The summed E-state index contributed by atoms with van der Waals surface area (Å²) in [6, 6.07) is 8.25. The Labute approximate surface area is 171 Å². The maximum Gasteiger partial charge on any atom is 0.410 e. The predicted molar refractivity (Wildman–Crippen MR) is 108 cm³/mol. The number of amides is 2. The van der Waals surface area contributed by atoms with Gasteiger partial charge < -0.3 is 14.5 Å². The summed E-state index contributed by atoms with van der Waals surface area (Å²) in [6.45, 7) is 7.75. The lowest BCUT2D eigenvalue weighted by Crippen LogP contribution is -2.41. The number of carbonyl (C=O) groups is 2. The maximum absolute atomic E-state index is 13.3. The molecule has 2 amide bonds. The average molecular weight is 396 g/mol. The number of aryl methyl sites for hydroxylation is 1. The number of hydrogen-bond acceptors (Lipinski definition) is 4. The summed E-state index contributed by atoms with van der Waals surface area (Å²) in [5.74, 6) is -0.0672. The van der Waals surface area contributed by atoms with Crippen molar-refractivity contribution in [2.24, 2.45) is 7.05 Å². The minimum atomic E-state index is -0.549. The van der Waals surface area contributed by atoms with Crippen molar-refractivity contribution in [1.29, 1.82) is 0 Å². The van der Waals surface area contributed by atoms with E-state index in [2.05, 4.69) is 17.2 Å². The fourth-order valence-electron chi connectivity index (χ4n) is 4.07. The SMILES string of the molecule is Cn1nc(C(=O)N2CCc3ccccc3C2)c2c1CCN(C(=O)OC(C)(C)C)C2. The van der Waals surface area contributed by atoms with Crippen LogP contribution in [-0.2, 0) is 37.7 Å². The summed E-state index contributed by atoms with van der Waals surface area (Å²) in [5.41, 5.74) is 4.25. The molecule has 1 aromatic heterocycles. The molecule has 3 heterocycles. The summed E-state index contributed by atoms with van der Waals surface area (Å²) in [5, 5.41) is 4.54. The quantitative estimate of drug-likeness (QED) is 0.743. The molecule has 0 spiro atoms. The standard InChI is InChI=1S/C22H28N4O3/c1-22(2,3)29-21(28)26-12-10-18-17(14-26)19(23-24(18)4)20(27)25-11-9-15-7-5-6-8-16(15)13-25/h5-8H,9-14H2,1-4H3. The molecule has 0 unspecified atom stereocenters. The first-order chi connectivity index (χ1) is 13.7. The van der Waals surface area contributed by atoms with Crippen LogP contribution in [0.4, 0.5) is 4.79 Å². The highest BCUT2D eigenvalue weighted by atomic mass is 16.6. The molecule has 154 valence electrons. The normalized spacial score (nSPS) is 16.3. The Morgan fingerprint density at radius 3 is 2.41 bits per heavy atom. The van der Waals surface area contributed by atoms with E-state index < -0.39 is 5.60 Å². The van der Waals surface area contributed by atoms with Crippen molar-refractivity contribution in [1.82, 2.24) is 19.6 Å². The number of fused-ring (bicyclic) bond motifs is 2. The second-order valence-corrected chi connectivity index (χ2v) is 8.79.